The number of nitrogens with one attached hydrogen (secondary N) is 1. The van der Waals surface area contributed by atoms with Crippen LogP contribution >= 0.6 is 11.3 Å². The molecular weight excluding hydrogens is 513 g/mol. The van der Waals surface area contributed by atoms with Crippen LogP contribution in [0.3, 0.4) is 0 Å². The predicted octanol–water partition coefficient (Wildman–Crippen LogP) is 2.86. The maximum absolute atomic E-state index is 14.1. The molecule has 1 atom stereocenters. The van der Waals surface area contributed by atoms with Gasteiger partial charge >= 0.3 is 5.69 Å². The minimum atomic E-state index is -1.56. The minimum Gasteiger partial charge on any atom is -0.496 e. The summed E-state index contributed by atoms with van der Waals surface area (Å²) < 4.78 is 23.1. The molecule has 0 spiro atoms. The molecule has 0 bridgehead atoms. The summed E-state index contributed by atoms with van der Waals surface area (Å²) in [6, 6.07) is 5.23. The molecule has 4 aromatic rings. The number of ether oxygens (including phenoxy) is 1. The molecule has 1 aromatic carbocycles. The molecule has 2 N–H and O–H groups in total. The summed E-state index contributed by atoms with van der Waals surface area (Å²) in [7, 11) is 1.39. The van der Waals surface area contributed by atoms with Crippen LogP contribution in [0.15, 0.2) is 46.2 Å². The third-order valence-electron chi connectivity index (χ3n) is 6.34. The Labute approximate surface area is 221 Å². The highest BCUT2D eigenvalue weighted by atomic mass is 32.1. The number of nitrogens with zero attached hydrogens (tertiary/aromatic N) is 4. The van der Waals surface area contributed by atoms with Crippen molar-refractivity contribution in [2.75, 3.05) is 7.11 Å². The number of halogens is 1. The van der Waals surface area contributed by atoms with Crippen molar-refractivity contribution in [3.8, 4) is 10.8 Å². The second kappa shape index (κ2) is 10.2. The summed E-state index contributed by atoms with van der Waals surface area (Å²) in [5, 5.41) is 19.0. The summed E-state index contributed by atoms with van der Waals surface area (Å²) >= 11 is 1.16. The first-order valence-corrected chi connectivity index (χ1v) is 12.8. The Bertz CT molecular complexity index is 1620. The quantitative estimate of drug-likeness (QED) is 0.353. The third-order valence-corrected chi connectivity index (χ3v) is 7.64. The van der Waals surface area contributed by atoms with Crippen LogP contribution in [0.5, 0.6) is 5.75 Å². The molecule has 0 aliphatic rings. The van der Waals surface area contributed by atoms with E-state index in [1.807, 2.05) is 0 Å². The van der Waals surface area contributed by atoms with Crippen molar-refractivity contribution >= 4 is 27.5 Å². The van der Waals surface area contributed by atoms with Gasteiger partial charge in [-0.05, 0) is 58.9 Å². The average molecular weight is 544 g/mol. The Kier molecular flexibility index (Phi) is 7.31. The van der Waals surface area contributed by atoms with Crippen LogP contribution in [-0.4, -0.2) is 43.1 Å². The van der Waals surface area contributed by atoms with E-state index >= 15 is 0 Å². The summed E-state index contributed by atoms with van der Waals surface area (Å²) in [4.78, 5) is 41.2. The predicted molar refractivity (Wildman–Crippen MR) is 143 cm³/mol. The first-order valence-electron chi connectivity index (χ1n) is 12.0. The van der Waals surface area contributed by atoms with E-state index < -0.39 is 34.6 Å². The van der Waals surface area contributed by atoms with Gasteiger partial charge in [-0.25, -0.2) is 18.4 Å². The fourth-order valence-corrected chi connectivity index (χ4v) is 5.62. The lowest BCUT2D eigenvalue weighted by Crippen LogP contribution is -2.56. The fraction of sp³-hybridized carbons (Fsp3) is 0.385. The number of aliphatic hydroxyl groups excluding tert-OH is 1. The molecule has 1 amide bonds. The van der Waals surface area contributed by atoms with E-state index in [0.29, 0.717) is 15.4 Å². The molecular formula is C26H30FN5O5S. The van der Waals surface area contributed by atoms with E-state index in [1.165, 1.54) is 37.7 Å². The number of hydrogen-bond acceptors (Lipinski definition) is 7. The van der Waals surface area contributed by atoms with E-state index in [0.717, 1.165) is 22.0 Å². The number of rotatable bonds is 8. The van der Waals surface area contributed by atoms with Crippen LogP contribution in [0.25, 0.3) is 15.2 Å². The van der Waals surface area contributed by atoms with Crippen molar-refractivity contribution in [1.29, 1.82) is 0 Å². The zero-order valence-corrected chi connectivity index (χ0v) is 22.8. The van der Waals surface area contributed by atoms with Gasteiger partial charge in [0.25, 0.3) is 5.56 Å². The summed E-state index contributed by atoms with van der Waals surface area (Å²) in [6.45, 7) is 7.96. The molecule has 0 radical (unpaired) electrons. The van der Waals surface area contributed by atoms with Gasteiger partial charge in [-0.15, -0.1) is 0 Å². The Hall–Kier alpha value is -3.77. The molecule has 1 unspecified atom stereocenters. The van der Waals surface area contributed by atoms with Gasteiger partial charge in [0.15, 0.2) is 0 Å². The minimum absolute atomic E-state index is 0.141. The standard InChI is InChI=1S/C26H30FN5O5S/c1-14(2)29-24(35)26(4,5)32-21(34)20-15(3)22(31-11-7-10-28-31)38-23(20)30(25(32)36)13-18(33)17-12-16(27)8-9-19(17)37-6/h7-12,14,18,33H,13H2,1-6H3,(H,29,35). The highest BCUT2D eigenvalue weighted by Crippen LogP contribution is 2.33. The molecule has 0 aliphatic heterocycles. The lowest BCUT2D eigenvalue weighted by atomic mass is 10.0. The van der Waals surface area contributed by atoms with Crippen molar-refractivity contribution in [3.05, 3.63) is 74.4 Å². The maximum Gasteiger partial charge on any atom is 0.333 e. The van der Waals surface area contributed by atoms with Gasteiger partial charge in [-0.1, -0.05) is 11.3 Å². The SMILES string of the molecule is COc1ccc(F)cc1C(O)Cn1c(=O)n(C(C)(C)C(=O)NC(C)C)c(=O)c2c(C)c(-n3cccn3)sc21. The lowest BCUT2D eigenvalue weighted by molar-refractivity contribution is -0.129. The van der Waals surface area contributed by atoms with Gasteiger partial charge < -0.3 is 15.2 Å². The molecule has 3 heterocycles. The van der Waals surface area contributed by atoms with Crippen LogP contribution in [0.1, 0.15) is 44.9 Å². The van der Waals surface area contributed by atoms with Gasteiger partial charge in [0, 0.05) is 29.6 Å². The number of methoxy groups -OCH3 is 1. The van der Waals surface area contributed by atoms with E-state index in [4.69, 9.17) is 4.74 Å². The molecule has 0 saturated heterocycles. The first kappa shape index (κ1) is 27.3. The second-order valence-corrected chi connectivity index (χ2v) is 10.8. The Morgan fingerprint density at radius 2 is 2.00 bits per heavy atom. The molecule has 202 valence electrons. The Morgan fingerprint density at radius 3 is 2.61 bits per heavy atom. The largest absolute Gasteiger partial charge is 0.496 e. The van der Waals surface area contributed by atoms with Gasteiger partial charge in [0.05, 0.1) is 19.0 Å². The van der Waals surface area contributed by atoms with E-state index in [9.17, 15) is 23.9 Å². The monoisotopic (exact) mass is 543 g/mol. The van der Waals surface area contributed by atoms with Crippen molar-refractivity contribution in [3.63, 3.8) is 0 Å². The van der Waals surface area contributed by atoms with Gasteiger partial charge in [0.1, 0.15) is 33.0 Å². The van der Waals surface area contributed by atoms with Crippen molar-refractivity contribution < 1.29 is 19.0 Å². The first-order chi connectivity index (χ1) is 17.9. The highest BCUT2D eigenvalue weighted by molar-refractivity contribution is 7.21. The molecule has 0 aliphatic carbocycles. The average Bonchev–Trinajstić information content (AvgIpc) is 3.49. The van der Waals surface area contributed by atoms with E-state index in [2.05, 4.69) is 10.4 Å². The number of benzene rings is 1. The molecule has 12 heteroatoms. The number of carbonyl (C=O) groups is 1. The Balaban J connectivity index is 2.01. The van der Waals surface area contributed by atoms with Crippen LogP contribution < -0.4 is 21.3 Å². The smallest absolute Gasteiger partial charge is 0.333 e. The second-order valence-electron chi connectivity index (χ2n) is 9.79. The van der Waals surface area contributed by atoms with Crippen molar-refractivity contribution in [2.45, 2.75) is 58.8 Å². The molecule has 0 saturated carbocycles. The molecule has 38 heavy (non-hydrogen) atoms. The van der Waals surface area contributed by atoms with Crippen molar-refractivity contribution in [2.24, 2.45) is 0 Å². The molecule has 3 aromatic heterocycles. The molecule has 4 rings (SSSR count). The number of thiophene rings is 1. The number of aliphatic hydroxyl groups is 1. The number of aromatic nitrogens is 4. The summed E-state index contributed by atoms with van der Waals surface area (Å²) in [5.41, 5.74) is -2.26. The number of carbonyl (C=O) groups excluding carboxylic acids is 1. The zero-order valence-electron chi connectivity index (χ0n) is 22.0. The normalized spacial score (nSPS) is 12.8. The topological polar surface area (TPSA) is 120 Å². The fourth-order valence-electron chi connectivity index (χ4n) is 4.37. The van der Waals surface area contributed by atoms with Crippen LogP contribution in [0.2, 0.25) is 0 Å². The highest BCUT2D eigenvalue weighted by Gasteiger charge is 2.36. The molecule has 10 nitrogen and oxygen atoms in total. The van der Waals surface area contributed by atoms with Crippen LogP contribution in [0.4, 0.5) is 4.39 Å². The summed E-state index contributed by atoms with van der Waals surface area (Å²) in [6.07, 6.45) is 1.94. The molecule has 0 fully saturated rings. The Morgan fingerprint density at radius 1 is 1.29 bits per heavy atom. The maximum atomic E-state index is 14.1. The number of fused-ring (bicyclic) bond motifs is 1. The number of aryl methyl sites for hydroxylation is 1. The number of hydrogen-bond donors (Lipinski definition) is 2. The summed E-state index contributed by atoms with van der Waals surface area (Å²) in [5.74, 6) is -0.848. The van der Waals surface area contributed by atoms with E-state index in [-0.39, 0.29) is 29.3 Å². The zero-order chi connectivity index (χ0) is 27.9. The van der Waals surface area contributed by atoms with Gasteiger partial charge in [0.2, 0.25) is 5.91 Å². The van der Waals surface area contributed by atoms with E-state index in [1.54, 1.807) is 43.9 Å². The number of amides is 1. The van der Waals surface area contributed by atoms with Gasteiger partial charge in [-0.3, -0.25) is 14.2 Å². The lowest BCUT2D eigenvalue weighted by Gasteiger charge is -2.28. The van der Waals surface area contributed by atoms with Gasteiger partial charge in [-0.2, -0.15) is 5.10 Å². The van der Waals surface area contributed by atoms with Crippen molar-refractivity contribution in [1.82, 2.24) is 24.2 Å². The van der Waals surface area contributed by atoms with Crippen LogP contribution in [-0.2, 0) is 16.9 Å². The third kappa shape index (κ3) is 4.65. The van der Waals surface area contributed by atoms with Crippen LogP contribution in [0, 0.1) is 12.7 Å².